The van der Waals surface area contributed by atoms with Gasteiger partial charge in [-0.2, -0.15) is 0 Å². The van der Waals surface area contributed by atoms with Crippen LogP contribution in [0.5, 0.6) is 0 Å². The molecule has 0 unspecified atom stereocenters. The van der Waals surface area contributed by atoms with E-state index in [4.69, 9.17) is 0 Å². The van der Waals surface area contributed by atoms with Gasteiger partial charge >= 0.3 is 0 Å². The SMILES string of the molecule is C=CCC(C)(C)CCc1ccccc1. The Balaban J connectivity index is 2.44. The highest BCUT2D eigenvalue weighted by Gasteiger charge is 2.15. The maximum absolute atomic E-state index is 3.80. The number of allylic oxidation sites excluding steroid dienone is 1. The first-order chi connectivity index (χ1) is 6.64. The number of hydrogen-bond donors (Lipinski definition) is 0. The molecule has 0 aliphatic heterocycles. The van der Waals surface area contributed by atoms with Gasteiger partial charge in [0.1, 0.15) is 0 Å². The molecule has 0 spiro atoms. The van der Waals surface area contributed by atoms with Crippen LogP contribution in [0, 0.1) is 5.41 Å². The third kappa shape index (κ3) is 3.78. The van der Waals surface area contributed by atoms with Crippen molar-refractivity contribution in [2.24, 2.45) is 5.41 Å². The van der Waals surface area contributed by atoms with E-state index in [0.29, 0.717) is 5.41 Å². The molecule has 0 aromatic heterocycles. The zero-order valence-electron chi connectivity index (χ0n) is 9.29. The van der Waals surface area contributed by atoms with E-state index in [9.17, 15) is 0 Å². The molecule has 0 heteroatoms. The van der Waals surface area contributed by atoms with Crippen molar-refractivity contribution in [3.63, 3.8) is 0 Å². The Morgan fingerprint density at radius 2 is 1.86 bits per heavy atom. The highest BCUT2D eigenvalue weighted by molar-refractivity contribution is 5.14. The molecule has 0 N–H and O–H groups in total. The molecule has 1 rings (SSSR count). The summed E-state index contributed by atoms with van der Waals surface area (Å²) in [5.41, 5.74) is 1.82. The van der Waals surface area contributed by atoms with Gasteiger partial charge in [0.2, 0.25) is 0 Å². The fraction of sp³-hybridized carbons (Fsp3) is 0.429. The first kappa shape index (κ1) is 11.0. The van der Waals surface area contributed by atoms with Crippen LogP contribution in [0.2, 0.25) is 0 Å². The predicted molar refractivity (Wildman–Crippen MR) is 63.4 cm³/mol. The molecule has 0 saturated heterocycles. The van der Waals surface area contributed by atoms with Crippen LogP contribution < -0.4 is 0 Å². The highest BCUT2D eigenvalue weighted by atomic mass is 14.2. The van der Waals surface area contributed by atoms with Crippen LogP contribution in [0.3, 0.4) is 0 Å². The Morgan fingerprint density at radius 1 is 1.21 bits per heavy atom. The largest absolute Gasteiger partial charge is 0.103 e. The minimum atomic E-state index is 0.386. The summed E-state index contributed by atoms with van der Waals surface area (Å²) < 4.78 is 0. The molecule has 0 heterocycles. The topological polar surface area (TPSA) is 0 Å². The molecule has 76 valence electrons. The maximum Gasteiger partial charge on any atom is -0.0274 e. The van der Waals surface area contributed by atoms with E-state index < -0.39 is 0 Å². The van der Waals surface area contributed by atoms with Crippen molar-refractivity contribution >= 4 is 0 Å². The van der Waals surface area contributed by atoms with Crippen molar-refractivity contribution < 1.29 is 0 Å². The Labute approximate surface area is 87.7 Å². The van der Waals surface area contributed by atoms with Crippen molar-refractivity contribution in [2.45, 2.75) is 33.1 Å². The molecule has 0 aliphatic rings. The zero-order valence-corrected chi connectivity index (χ0v) is 9.29. The number of benzene rings is 1. The summed E-state index contributed by atoms with van der Waals surface area (Å²) in [7, 11) is 0. The molecule has 0 saturated carbocycles. The van der Waals surface area contributed by atoms with Crippen LogP contribution >= 0.6 is 0 Å². The van der Waals surface area contributed by atoms with E-state index in [1.54, 1.807) is 0 Å². The van der Waals surface area contributed by atoms with E-state index >= 15 is 0 Å². The van der Waals surface area contributed by atoms with Crippen molar-refractivity contribution in [1.82, 2.24) is 0 Å². The quantitative estimate of drug-likeness (QED) is 0.607. The Kier molecular flexibility index (Phi) is 3.94. The molecule has 1 aromatic carbocycles. The lowest BCUT2D eigenvalue weighted by atomic mass is 9.83. The van der Waals surface area contributed by atoms with Crippen molar-refractivity contribution in [1.29, 1.82) is 0 Å². The van der Waals surface area contributed by atoms with Crippen LogP contribution in [0.4, 0.5) is 0 Å². The molecule has 0 nitrogen and oxygen atoms in total. The van der Waals surface area contributed by atoms with Gasteiger partial charge in [-0.1, -0.05) is 50.3 Å². The molecule has 0 atom stereocenters. The maximum atomic E-state index is 3.80. The average Bonchev–Trinajstić information content (AvgIpc) is 2.17. The van der Waals surface area contributed by atoms with Gasteiger partial charge in [-0.25, -0.2) is 0 Å². The van der Waals surface area contributed by atoms with Gasteiger partial charge in [-0.05, 0) is 30.2 Å². The van der Waals surface area contributed by atoms with Crippen molar-refractivity contribution in [3.8, 4) is 0 Å². The lowest BCUT2D eigenvalue weighted by Crippen LogP contribution is -2.11. The summed E-state index contributed by atoms with van der Waals surface area (Å²) >= 11 is 0. The van der Waals surface area contributed by atoms with Gasteiger partial charge in [-0.3, -0.25) is 0 Å². The summed E-state index contributed by atoms with van der Waals surface area (Å²) in [6, 6.07) is 10.7. The third-order valence-electron chi connectivity index (χ3n) is 2.63. The summed E-state index contributed by atoms with van der Waals surface area (Å²) in [5.74, 6) is 0. The Bertz CT molecular complexity index is 269. The van der Waals surface area contributed by atoms with Gasteiger partial charge in [-0.15, -0.1) is 6.58 Å². The van der Waals surface area contributed by atoms with Crippen LogP contribution in [0.25, 0.3) is 0 Å². The first-order valence-corrected chi connectivity index (χ1v) is 5.29. The molecule has 0 radical (unpaired) electrons. The minimum absolute atomic E-state index is 0.386. The van der Waals surface area contributed by atoms with Gasteiger partial charge in [0.05, 0.1) is 0 Å². The third-order valence-corrected chi connectivity index (χ3v) is 2.63. The normalized spacial score (nSPS) is 11.3. The van der Waals surface area contributed by atoms with E-state index in [-0.39, 0.29) is 0 Å². The molecule has 14 heavy (non-hydrogen) atoms. The van der Waals surface area contributed by atoms with Crippen LogP contribution in [-0.4, -0.2) is 0 Å². The van der Waals surface area contributed by atoms with Gasteiger partial charge in [0.15, 0.2) is 0 Å². The first-order valence-electron chi connectivity index (χ1n) is 5.29. The summed E-state index contributed by atoms with van der Waals surface area (Å²) in [5, 5.41) is 0. The highest BCUT2D eigenvalue weighted by Crippen LogP contribution is 2.27. The zero-order chi connectivity index (χ0) is 10.4. The van der Waals surface area contributed by atoms with Crippen LogP contribution in [0.1, 0.15) is 32.3 Å². The molecule has 1 aromatic rings. The molecular formula is C14H20. The minimum Gasteiger partial charge on any atom is -0.103 e. The van der Waals surface area contributed by atoms with Crippen LogP contribution in [-0.2, 0) is 6.42 Å². The smallest absolute Gasteiger partial charge is 0.0274 e. The standard InChI is InChI=1S/C14H20/c1-4-11-14(2,3)12-10-13-8-6-5-7-9-13/h4-9H,1,10-12H2,2-3H3. The number of rotatable bonds is 5. The van der Waals surface area contributed by atoms with Gasteiger partial charge < -0.3 is 0 Å². The second-order valence-corrected chi connectivity index (χ2v) is 4.64. The van der Waals surface area contributed by atoms with Gasteiger partial charge in [0.25, 0.3) is 0 Å². The lowest BCUT2D eigenvalue weighted by molar-refractivity contribution is 0.340. The molecule has 0 aliphatic carbocycles. The average molecular weight is 188 g/mol. The van der Waals surface area contributed by atoms with Crippen molar-refractivity contribution in [3.05, 3.63) is 48.6 Å². The van der Waals surface area contributed by atoms with Crippen LogP contribution in [0.15, 0.2) is 43.0 Å². The Morgan fingerprint density at radius 3 is 2.43 bits per heavy atom. The Hall–Kier alpha value is -1.04. The van der Waals surface area contributed by atoms with E-state index in [1.807, 2.05) is 6.08 Å². The summed E-state index contributed by atoms with van der Waals surface area (Å²) in [6.07, 6.45) is 5.51. The monoisotopic (exact) mass is 188 g/mol. The van der Waals surface area contributed by atoms with E-state index in [0.717, 1.165) is 6.42 Å². The predicted octanol–water partition coefficient (Wildman–Crippen LogP) is 4.22. The molecule has 0 fully saturated rings. The van der Waals surface area contributed by atoms with E-state index in [1.165, 1.54) is 18.4 Å². The fourth-order valence-electron chi connectivity index (χ4n) is 1.62. The fourth-order valence-corrected chi connectivity index (χ4v) is 1.62. The second kappa shape index (κ2) is 4.99. The van der Waals surface area contributed by atoms with Gasteiger partial charge in [0, 0.05) is 0 Å². The molecular weight excluding hydrogens is 168 g/mol. The summed E-state index contributed by atoms with van der Waals surface area (Å²) in [4.78, 5) is 0. The number of hydrogen-bond acceptors (Lipinski definition) is 0. The van der Waals surface area contributed by atoms with Crippen molar-refractivity contribution in [2.75, 3.05) is 0 Å². The lowest BCUT2D eigenvalue weighted by Gasteiger charge is -2.22. The molecule has 0 amide bonds. The second-order valence-electron chi connectivity index (χ2n) is 4.64. The number of aryl methyl sites for hydroxylation is 1. The summed E-state index contributed by atoms with van der Waals surface area (Å²) in [6.45, 7) is 8.41. The van der Waals surface area contributed by atoms with E-state index in [2.05, 4.69) is 50.8 Å². The molecule has 0 bridgehead atoms.